The molecule has 0 saturated carbocycles. The predicted molar refractivity (Wildman–Crippen MR) is 213 cm³/mol. The second-order valence-corrected chi connectivity index (χ2v) is 16.2. The SMILES string of the molecule is CCCCC(=O)N1[C@@H]2CC[C@H]1CN(Cc1cccc(C(=O)Nc3sc4c(c3C(=O)Nc3cc(F)c(CCc5ccc(C(=O)OC)cc5)c(F)c3)CCCC4)c1)C2. The molecule has 0 unspecified atom stereocenters. The van der Waals surface area contributed by atoms with Gasteiger partial charge in [0.25, 0.3) is 11.8 Å². The van der Waals surface area contributed by atoms with Gasteiger partial charge >= 0.3 is 5.97 Å². The number of halogens is 2. The second-order valence-electron chi connectivity index (χ2n) is 15.1. The zero-order valence-corrected chi connectivity index (χ0v) is 32.7. The maximum absolute atomic E-state index is 15.3. The maximum Gasteiger partial charge on any atom is 0.337 e. The third-order valence-corrected chi connectivity index (χ3v) is 12.5. The number of carbonyl (C=O) groups excluding carboxylic acids is 4. The van der Waals surface area contributed by atoms with E-state index >= 15 is 8.78 Å². The number of anilines is 2. The summed E-state index contributed by atoms with van der Waals surface area (Å²) in [6, 6.07) is 16.9. The number of esters is 1. The molecule has 9 nitrogen and oxygen atoms in total. The van der Waals surface area contributed by atoms with Crippen molar-refractivity contribution in [3.8, 4) is 0 Å². The zero-order chi connectivity index (χ0) is 39.3. The van der Waals surface area contributed by atoms with E-state index in [1.165, 1.54) is 18.4 Å². The molecule has 2 atom stereocenters. The van der Waals surface area contributed by atoms with Crippen molar-refractivity contribution in [1.82, 2.24) is 9.80 Å². The number of unbranched alkanes of at least 4 members (excludes halogenated alkanes) is 1. The van der Waals surface area contributed by atoms with Crippen LogP contribution >= 0.6 is 11.3 Å². The van der Waals surface area contributed by atoms with Crippen LogP contribution in [0.2, 0.25) is 0 Å². The van der Waals surface area contributed by atoms with Crippen LogP contribution in [-0.2, 0) is 41.8 Å². The normalized spacial score (nSPS) is 17.7. The number of thiophene rings is 1. The lowest BCUT2D eigenvalue weighted by atomic mass is 9.95. The van der Waals surface area contributed by atoms with Crippen LogP contribution < -0.4 is 10.6 Å². The summed E-state index contributed by atoms with van der Waals surface area (Å²) >= 11 is 1.38. The third-order valence-electron chi connectivity index (χ3n) is 11.2. The number of ether oxygens (including phenoxy) is 1. The number of piperazine rings is 1. The van der Waals surface area contributed by atoms with Crippen molar-refractivity contribution >= 4 is 45.7 Å². The Labute approximate surface area is 330 Å². The summed E-state index contributed by atoms with van der Waals surface area (Å²) in [6.45, 7) is 4.40. The minimum absolute atomic E-state index is 0.0171. The molecule has 2 fully saturated rings. The second kappa shape index (κ2) is 17.5. The van der Waals surface area contributed by atoms with Crippen LogP contribution in [-0.4, -0.2) is 65.8 Å². The van der Waals surface area contributed by atoms with Crippen LogP contribution in [0, 0.1) is 11.6 Å². The molecule has 56 heavy (non-hydrogen) atoms. The quantitative estimate of drug-likeness (QED) is 0.132. The highest BCUT2D eigenvalue weighted by Crippen LogP contribution is 2.39. The van der Waals surface area contributed by atoms with E-state index in [1.54, 1.807) is 30.3 Å². The van der Waals surface area contributed by atoms with Crippen LogP contribution in [0.25, 0.3) is 0 Å². The summed E-state index contributed by atoms with van der Waals surface area (Å²) in [5.74, 6) is -2.62. The highest BCUT2D eigenvalue weighted by molar-refractivity contribution is 7.17. The molecular weight excluding hydrogens is 735 g/mol. The molecule has 4 aromatic rings. The van der Waals surface area contributed by atoms with E-state index in [2.05, 4.69) is 27.4 Å². The Morgan fingerprint density at radius 2 is 1.55 bits per heavy atom. The number of amides is 3. The number of carbonyl (C=O) groups is 4. The van der Waals surface area contributed by atoms with Gasteiger partial charge in [0.05, 0.1) is 18.2 Å². The van der Waals surface area contributed by atoms with Crippen molar-refractivity contribution < 1.29 is 32.7 Å². The average Bonchev–Trinajstić information content (AvgIpc) is 3.69. The van der Waals surface area contributed by atoms with Gasteiger partial charge in [0.2, 0.25) is 5.91 Å². The first kappa shape index (κ1) is 39.3. The van der Waals surface area contributed by atoms with Gasteiger partial charge in [-0.3, -0.25) is 19.3 Å². The van der Waals surface area contributed by atoms with Gasteiger partial charge in [0, 0.05) is 59.8 Å². The summed E-state index contributed by atoms with van der Waals surface area (Å²) in [4.78, 5) is 57.8. The minimum atomic E-state index is -0.776. The van der Waals surface area contributed by atoms with Crippen LogP contribution in [0.15, 0.2) is 60.7 Å². The van der Waals surface area contributed by atoms with Crippen LogP contribution in [0.5, 0.6) is 0 Å². The molecular formula is C44H48F2N4O5S. The number of benzene rings is 3. The monoisotopic (exact) mass is 782 g/mol. The number of methoxy groups -OCH3 is 1. The van der Waals surface area contributed by atoms with E-state index in [4.69, 9.17) is 4.74 Å². The van der Waals surface area contributed by atoms with E-state index in [9.17, 15) is 19.2 Å². The van der Waals surface area contributed by atoms with Gasteiger partial charge in [0.1, 0.15) is 16.6 Å². The van der Waals surface area contributed by atoms with Gasteiger partial charge in [-0.05, 0) is 111 Å². The fourth-order valence-electron chi connectivity index (χ4n) is 8.42. The van der Waals surface area contributed by atoms with E-state index in [-0.39, 0.29) is 41.6 Å². The van der Waals surface area contributed by atoms with Crippen molar-refractivity contribution in [1.29, 1.82) is 0 Å². The van der Waals surface area contributed by atoms with Crippen molar-refractivity contribution in [2.24, 2.45) is 0 Å². The smallest absolute Gasteiger partial charge is 0.337 e. The molecule has 2 N–H and O–H groups in total. The molecule has 1 aromatic heterocycles. The van der Waals surface area contributed by atoms with Crippen molar-refractivity contribution in [3.63, 3.8) is 0 Å². The third kappa shape index (κ3) is 8.71. The molecule has 3 aromatic carbocycles. The Bertz CT molecular complexity index is 2080. The number of rotatable bonds is 13. The Balaban J connectivity index is 1.01. The summed E-state index contributed by atoms with van der Waals surface area (Å²) < 4.78 is 35.4. The Hall–Kier alpha value is -4.94. The molecule has 3 amide bonds. The highest BCUT2D eigenvalue weighted by Gasteiger charge is 2.42. The molecule has 3 aliphatic rings. The molecule has 0 spiro atoms. The van der Waals surface area contributed by atoms with Gasteiger partial charge < -0.3 is 20.3 Å². The van der Waals surface area contributed by atoms with Crippen molar-refractivity contribution in [3.05, 3.63) is 116 Å². The number of hydrogen-bond acceptors (Lipinski definition) is 7. The highest BCUT2D eigenvalue weighted by atomic mass is 32.1. The number of nitrogens with zero attached hydrogens (tertiary/aromatic N) is 2. The zero-order valence-electron chi connectivity index (χ0n) is 31.9. The number of fused-ring (bicyclic) bond motifs is 3. The first-order chi connectivity index (χ1) is 27.1. The largest absolute Gasteiger partial charge is 0.465 e. The lowest BCUT2D eigenvalue weighted by molar-refractivity contribution is -0.137. The first-order valence-corrected chi connectivity index (χ1v) is 20.5. The topological polar surface area (TPSA) is 108 Å². The van der Waals surface area contributed by atoms with E-state index in [1.807, 2.05) is 18.2 Å². The molecule has 2 aliphatic heterocycles. The molecule has 294 valence electrons. The van der Waals surface area contributed by atoms with Gasteiger partial charge in [0.15, 0.2) is 0 Å². The first-order valence-electron chi connectivity index (χ1n) is 19.7. The number of nitrogens with one attached hydrogen (secondary N) is 2. The number of hydrogen-bond donors (Lipinski definition) is 2. The van der Waals surface area contributed by atoms with Crippen molar-refractivity contribution in [2.45, 2.75) is 96.2 Å². The van der Waals surface area contributed by atoms with Crippen LogP contribution in [0.4, 0.5) is 19.5 Å². The Morgan fingerprint density at radius 1 is 0.839 bits per heavy atom. The summed E-state index contributed by atoms with van der Waals surface area (Å²) in [5.41, 5.74) is 3.72. The van der Waals surface area contributed by atoms with Gasteiger partial charge in [-0.2, -0.15) is 0 Å². The Morgan fingerprint density at radius 3 is 2.25 bits per heavy atom. The summed E-state index contributed by atoms with van der Waals surface area (Å²) in [6.07, 6.45) is 8.32. The minimum Gasteiger partial charge on any atom is -0.465 e. The summed E-state index contributed by atoms with van der Waals surface area (Å²) in [5, 5.41) is 6.12. The van der Waals surface area contributed by atoms with Gasteiger partial charge in [-0.25, -0.2) is 13.6 Å². The molecule has 0 radical (unpaired) electrons. The predicted octanol–water partition coefficient (Wildman–Crippen LogP) is 8.35. The molecule has 7 rings (SSSR count). The summed E-state index contributed by atoms with van der Waals surface area (Å²) in [7, 11) is 1.30. The van der Waals surface area contributed by atoms with E-state index in [0.717, 1.165) is 91.7 Å². The van der Waals surface area contributed by atoms with E-state index < -0.39 is 23.5 Å². The van der Waals surface area contributed by atoms with Crippen molar-refractivity contribution in [2.75, 3.05) is 30.8 Å². The molecule has 1 aliphatic carbocycles. The van der Waals surface area contributed by atoms with Crippen LogP contribution in [0.1, 0.15) is 110 Å². The lowest BCUT2D eigenvalue weighted by Gasteiger charge is -2.41. The number of likely N-dealkylation sites (tertiary alicyclic amines) is 1. The Kier molecular flexibility index (Phi) is 12.3. The van der Waals surface area contributed by atoms with Crippen LogP contribution in [0.3, 0.4) is 0 Å². The fraction of sp³-hybridized carbons (Fsp3) is 0.409. The molecule has 2 saturated heterocycles. The molecule has 3 heterocycles. The lowest BCUT2D eigenvalue weighted by Crippen LogP contribution is -2.55. The van der Waals surface area contributed by atoms with Gasteiger partial charge in [-0.1, -0.05) is 37.6 Å². The fourth-order valence-corrected chi connectivity index (χ4v) is 9.71. The molecule has 12 heteroatoms. The number of aryl methyl sites for hydroxylation is 2. The van der Waals surface area contributed by atoms with E-state index in [0.29, 0.717) is 47.5 Å². The standard InChI is InChI=1S/C44H48F2N4O5S/c1-3-4-12-39(51)50-32-18-19-33(50)26-49(25-32)24-28-8-7-9-30(21-28)41(52)48-43-40(35-10-5-6-11-38(35)56-43)42(53)47-31-22-36(45)34(37(46)23-31)20-15-27-13-16-29(17-14-27)44(54)55-2/h7-9,13-14,16-17,21-23,32-33H,3-6,10-12,15,18-20,24-26H2,1-2H3,(H,47,53)(H,48,52)/t32-,33+. The maximum atomic E-state index is 15.3. The molecule has 2 bridgehead atoms. The average molecular weight is 783 g/mol. The van der Waals surface area contributed by atoms with Gasteiger partial charge in [-0.15, -0.1) is 11.3 Å².